The molecule has 5 heteroatoms. The molecule has 5 nitrogen and oxygen atoms in total. The molecular formula is C4H6N2O3. The topological polar surface area (TPSA) is 67.4 Å². The van der Waals surface area contributed by atoms with E-state index in [0.717, 1.165) is 0 Å². The first kappa shape index (κ1) is 6.18. The van der Waals surface area contributed by atoms with Crippen molar-refractivity contribution in [2.24, 2.45) is 0 Å². The molecule has 9 heavy (non-hydrogen) atoms. The molecular weight excluding hydrogens is 124 g/mol. The molecule has 1 atom stereocenters. The van der Waals surface area contributed by atoms with Gasteiger partial charge in [-0.3, -0.25) is 15.0 Å². The molecule has 1 aliphatic heterocycles. The summed E-state index contributed by atoms with van der Waals surface area (Å²) in [5.41, 5.74) is 4.44. The van der Waals surface area contributed by atoms with Crippen molar-refractivity contribution in [3.8, 4) is 0 Å². The Balaban J connectivity index is 2.62. The Morgan fingerprint density at radius 1 is 1.56 bits per heavy atom. The van der Waals surface area contributed by atoms with E-state index in [-0.39, 0.29) is 0 Å². The summed E-state index contributed by atoms with van der Waals surface area (Å²) in [5.74, 6) is -1.24. The van der Waals surface area contributed by atoms with Crippen molar-refractivity contribution in [1.82, 2.24) is 10.9 Å². The van der Waals surface area contributed by atoms with Gasteiger partial charge in [0.2, 0.25) is 0 Å². The zero-order valence-corrected chi connectivity index (χ0v) is 4.80. The van der Waals surface area contributed by atoms with Crippen LogP contribution in [-0.2, 0) is 14.3 Å². The molecule has 0 saturated carbocycles. The minimum atomic E-state index is -0.808. The molecule has 1 amide bonds. The predicted octanol–water partition coefficient (Wildman–Crippen LogP) is -1.84. The first-order valence-corrected chi connectivity index (χ1v) is 2.38. The maximum Gasteiger partial charge on any atom is 0.305 e. The second-order valence-electron chi connectivity index (χ2n) is 1.58. The molecule has 0 bridgehead atoms. The van der Waals surface area contributed by atoms with Gasteiger partial charge in [-0.15, -0.1) is 0 Å². The SMILES string of the molecule is COC1NNC(=O)C1=O. The molecule has 1 aliphatic rings. The molecule has 1 fully saturated rings. The number of carbonyl (C=O) groups is 2. The summed E-state index contributed by atoms with van der Waals surface area (Å²) in [6.07, 6.45) is -0.808. The van der Waals surface area contributed by atoms with Crippen LogP contribution in [0.4, 0.5) is 0 Å². The normalized spacial score (nSPS) is 26.6. The second kappa shape index (κ2) is 2.12. The third-order valence-corrected chi connectivity index (χ3v) is 1.01. The van der Waals surface area contributed by atoms with Gasteiger partial charge in [0, 0.05) is 7.11 Å². The van der Waals surface area contributed by atoms with Gasteiger partial charge in [0.1, 0.15) is 0 Å². The number of hydrogen-bond donors (Lipinski definition) is 2. The molecule has 0 aliphatic carbocycles. The number of rotatable bonds is 1. The lowest BCUT2D eigenvalue weighted by Crippen LogP contribution is -2.33. The molecule has 0 aromatic heterocycles. The highest BCUT2D eigenvalue weighted by Gasteiger charge is 2.31. The van der Waals surface area contributed by atoms with Crippen LogP contribution in [0.3, 0.4) is 0 Å². The number of amides is 1. The Hall–Kier alpha value is -0.940. The van der Waals surface area contributed by atoms with Crippen LogP contribution in [0.1, 0.15) is 0 Å². The quantitative estimate of drug-likeness (QED) is 0.409. The van der Waals surface area contributed by atoms with E-state index in [1.54, 1.807) is 0 Å². The summed E-state index contributed by atoms with van der Waals surface area (Å²) in [6, 6.07) is 0. The first-order chi connectivity index (χ1) is 4.25. The van der Waals surface area contributed by atoms with Crippen LogP contribution < -0.4 is 10.9 Å². The third kappa shape index (κ3) is 0.914. The highest BCUT2D eigenvalue weighted by molar-refractivity contribution is 6.39. The molecule has 1 heterocycles. The van der Waals surface area contributed by atoms with Gasteiger partial charge in [0.15, 0.2) is 6.23 Å². The number of methoxy groups -OCH3 is 1. The van der Waals surface area contributed by atoms with Crippen LogP contribution >= 0.6 is 0 Å². The number of ether oxygens (including phenoxy) is 1. The second-order valence-corrected chi connectivity index (χ2v) is 1.58. The number of hydrogen-bond acceptors (Lipinski definition) is 4. The van der Waals surface area contributed by atoms with Crippen LogP contribution in [0.25, 0.3) is 0 Å². The maximum absolute atomic E-state index is 10.5. The highest BCUT2D eigenvalue weighted by Crippen LogP contribution is 1.91. The Bertz CT molecular complexity index is 156. The zero-order valence-electron chi connectivity index (χ0n) is 4.80. The first-order valence-electron chi connectivity index (χ1n) is 2.38. The molecule has 1 saturated heterocycles. The average molecular weight is 130 g/mol. The number of carbonyl (C=O) groups excluding carboxylic acids is 2. The van der Waals surface area contributed by atoms with E-state index in [2.05, 4.69) is 15.6 Å². The monoisotopic (exact) mass is 130 g/mol. The molecule has 0 radical (unpaired) electrons. The largest absolute Gasteiger partial charge is 0.357 e. The molecule has 0 spiro atoms. The number of Topliss-reactive ketones (excluding diaryl/α,β-unsaturated/α-hetero) is 1. The fraction of sp³-hybridized carbons (Fsp3) is 0.500. The van der Waals surface area contributed by atoms with Gasteiger partial charge < -0.3 is 4.74 Å². The molecule has 1 rings (SSSR count). The number of ketones is 1. The van der Waals surface area contributed by atoms with Gasteiger partial charge in [-0.05, 0) is 0 Å². The average Bonchev–Trinajstić information content (AvgIpc) is 2.15. The van der Waals surface area contributed by atoms with Gasteiger partial charge in [0.25, 0.3) is 5.78 Å². The van der Waals surface area contributed by atoms with E-state index in [0.29, 0.717) is 0 Å². The number of hydrazine groups is 1. The smallest absolute Gasteiger partial charge is 0.305 e. The molecule has 2 N–H and O–H groups in total. The summed E-state index contributed by atoms with van der Waals surface area (Å²) in [5, 5.41) is 0. The molecule has 0 aromatic rings. The van der Waals surface area contributed by atoms with Crippen molar-refractivity contribution < 1.29 is 14.3 Å². The minimum Gasteiger partial charge on any atom is -0.357 e. The molecule has 0 aromatic carbocycles. The van der Waals surface area contributed by atoms with Gasteiger partial charge in [-0.2, -0.15) is 5.43 Å². The summed E-state index contributed by atoms with van der Waals surface area (Å²) >= 11 is 0. The Labute approximate surface area is 51.3 Å². The van der Waals surface area contributed by atoms with Crippen molar-refractivity contribution in [3.63, 3.8) is 0 Å². The lowest BCUT2D eigenvalue weighted by molar-refractivity contribution is -0.139. The standard InChI is InChI=1S/C4H6N2O3/c1-9-4-2(7)3(8)5-6-4/h4,6H,1H3,(H,5,8). The highest BCUT2D eigenvalue weighted by atomic mass is 16.5. The fourth-order valence-electron chi connectivity index (χ4n) is 0.543. The van der Waals surface area contributed by atoms with Gasteiger partial charge in [0.05, 0.1) is 0 Å². The fourth-order valence-corrected chi connectivity index (χ4v) is 0.543. The van der Waals surface area contributed by atoms with Crippen molar-refractivity contribution in [1.29, 1.82) is 0 Å². The lowest BCUT2D eigenvalue weighted by Gasteiger charge is -2.00. The van der Waals surface area contributed by atoms with Crippen LogP contribution in [0.15, 0.2) is 0 Å². The van der Waals surface area contributed by atoms with Crippen LogP contribution in [-0.4, -0.2) is 25.0 Å². The Kier molecular flexibility index (Phi) is 1.46. The number of nitrogens with one attached hydrogen (secondary N) is 2. The van der Waals surface area contributed by atoms with Gasteiger partial charge in [-0.25, -0.2) is 0 Å². The van der Waals surface area contributed by atoms with Crippen LogP contribution in [0.5, 0.6) is 0 Å². The van der Waals surface area contributed by atoms with Crippen molar-refractivity contribution in [2.75, 3.05) is 7.11 Å². The third-order valence-electron chi connectivity index (χ3n) is 1.01. The van der Waals surface area contributed by atoms with Crippen LogP contribution in [0, 0.1) is 0 Å². The minimum absolute atomic E-state index is 0.586. The van der Waals surface area contributed by atoms with E-state index < -0.39 is 17.9 Å². The summed E-state index contributed by atoms with van der Waals surface area (Å²) < 4.78 is 4.55. The van der Waals surface area contributed by atoms with Crippen molar-refractivity contribution in [3.05, 3.63) is 0 Å². The van der Waals surface area contributed by atoms with E-state index in [4.69, 9.17) is 0 Å². The molecule has 1 unspecified atom stereocenters. The van der Waals surface area contributed by atoms with Crippen LogP contribution in [0.2, 0.25) is 0 Å². The lowest BCUT2D eigenvalue weighted by atomic mass is 10.4. The van der Waals surface area contributed by atoms with E-state index in [1.165, 1.54) is 7.11 Å². The van der Waals surface area contributed by atoms with Gasteiger partial charge >= 0.3 is 5.91 Å². The molecule has 50 valence electrons. The van der Waals surface area contributed by atoms with E-state index >= 15 is 0 Å². The van der Waals surface area contributed by atoms with E-state index in [9.17, 15) is 9.59 Å². The Morgan fingerprint density at radius 2 is 2.22 bits per heavy atom. The predicted molar refractivity (Wildman–Crippen MR) is 27.1 cm³/mol. The summed E-state index contributed by atoms with van der Waals surface area (Å²) in [4.78, 5) is 20.9. The summed E-state index contributed by atoms with van der Waals surface area (Å²) in [6.45, 7) is 0. The van der Waals surface area contributed by atoms with E-state index in [1.807, 2.05) is 0 Å². The summed E-state index contributed by atoms with van der Waals surface area (Å²) in [7, 11) is 1.34. The van der Waals surface area contributed by atoms with Gasteiger partial charge in [-0.1, -0.05) is 0 Å². The van der Waals surface area contributed by atoms with Crippen molar-refractivity contribution >= 4 is 11.7 Å². The maximum atomic E-state index is 10.5. The van der Waals surface area contributed by atoms with Crippen molar-refractivity contribution in [2.45, 2.75) is 6.23 Å². The zero-order chi connectivity index (χ0) is 6.85. The Morgan fingerprint density at radius 3 is 2.44 bits per heavy atom.